The van der Waals surface area contributed by atoms with Crippen molar-refractivity contribution < 1.29 is 5.11 Å². The predicted molar refractivity (Wildman–Crippen MR) is 86.2 cm³/mol. The van der Waals surface area contributed by atoms with Crippen LogP contribution in [0.4, 0.5) is 5.69 Å². The van der Waals surface area contributed by atoms with Gasteiger partial charge >= 0.3 is 0 Å². The van der Waals surface area contributed by atoms with E-state index < -0.39 is 5.56 Å². The van der Waals surface area contributed by atoms with Crippen molar-refractivity contribution in [3.05, 3.63) is 56.3 Å². The van der Waals surface area contributed by atoms with E-state index in [0.717, 1.165) is 4.57 Å². The SMILES string of the molecule is CCn1c(O)c(C=Nc2ccc(Cl)cc2)c(C)c(C#N)c1=O. The van der Waals surface area contributed by atoms with Crippen molar-refractivity contribution in [2.75, 3.05) is 0 Å². The Labute approximate surface area is 132 Å². The predicted octanol–water partition coefficient (Wildman–Crippen LogP) is 3.16. The third-order valence-corrected chi connectivity index (χ3v) is 3.58. The Morgan fingerprint density at radius 2 is 2.05 bits per heavy atom. The van der Waals surface area contributed by atoms with E-state index in [1.54, 1.807) is 38.1 Å². The monoisotopic (exact) mass is 315 g/mol. The summed E-state index contributed by atoms with van der Waals surface area (Å²) in [6.45, 7) is 3.60. The van der Waals surface area contributed by atoms with Crippen molar-refractivity contribution in [1.29, 1.82) is 5.26 Å². The lowest BCUT2D eigenvalue weighted by atomic mass is 10.1. The minimum atomic E-state index is -0.497. The Hall–Kier alpha value is -2.58. The molecule has 0 aliphatic rings. The van der Waals surface area contributed by atoms with Crippen LogP contribution in [0.2, 0.25) is 5.02 Å². The molecule has 1 aromatic heterocycles. The highest BCUT2D eigenvalue weighted by Gasteiger charge is 2.16. The third-order valence-electron chi connectivity index (χ3n) is 3.33. The van der Waals surface area contributed by atoms with E-state index in [0.29, 0.717) is 21.8 Å². The van der Waals surface area contributed by atoms with Crippen LogP contribution < -0.4 is 5.56 Å². The van der Waals surface area contributed by atoms with Crippen molar-refractivity contribution in [2.45, 2.75) is 20.4 Å². The molecule has 1 aromatic carbocycles. The number of hydrogen-bond donors (Lipinski definition) is 1. The summed E-state index contributed by atoms with van der Waals surface area (Å²) in [6, 6.07) is 8.75. The molecule has 1 heterocycles. The highest BCUT2D eigenvalue weighted by Crippen LogP contribution is 2.21. The van der Waals surface area contributed by atoms with Gasteiger partial charge in [-0.05, 0) is 43.7 Å². The highest BCUT2D eigenvalue weighted by molar-refractivity contribution is 6.30. The van der Waals surface area contributed by atoms with E-state index in [1.807, 2.05) is 6.07 Å². The number of benzene rings is 1. The van der Waals surface area contributed by atoms with Gasteiger partial charge in [-0.2, -0.15) is 5.26 Å². The van der Waals surface area contributed by atoms with Crippen molar-refractivity contribution in [3.63, 3.8) is 0 Å². The van der Waals surface area contributed by atoms with Crippen LogP contribution >= 0.6 is 11.6 Å². The lowest BCUT2D eigenvalue weighted by Gasteiger charge is -2.12. The first kappa shape index (κ1) is 15.8. The second kappa shape index (κ2) is 6.46. The highest BCUT2D eigenvalue weighted by atomic mass is 35.5. The van der Waals surface area contributed by atoms with Crippen LogP contribution in [0.5, 0.6) is 5.88 Å². The molecule has 0 saturated heterocycles. The summed E-state index contributed by atoms with van der Waals surface area (Å²) in [7, 11) is 0. The van der Waals surface area contributed by atoms with Crippen LogP contribution in [0.3, 0.4) is 0 Å². The average Bonchev–Trinajstić information content (AvgIpc) is 2.50. The molecule has 5 nitrogen and oxygen atoms in total. The van der Waals surface area contributed by atoms with E-state index >= 15 is 0 Å². The van der Waals surface area contributed by atoms with Gasteiger partial charge in [-0.25, -0.2) is 0 Å². The number of pyridine rings is 1. The van der Waals surface area contributed by atoms with Gasteiger partial charge in [0.05, 0.1) is 11.3 Å². The number of rotatable bonds is 3. The van der Waals surface area contributed by atoms with Crippen LogP contribution in [-0.4, -0.2) is 15.9 Å². The maximum Gasteiger partial charge on any atom is 0.271 e. The standard InChI is InChI=1S/C16H14ClN3O2/c1-3-20-15(21)13(8-18)10(2)14(16(20)22)9-19-12-6-4-11(17)5-7-12/h4-7,9,22H,3H2,1-2H3. The molecule has 2 rings (SSSR count). The zero-order valence-electron chi connectivity index (χ0n) is 12.2. The molecule has 112 valence electrons. The van der Waals surface area contributed by atoms with Gasteiger partial charge in [0, 0.05) is 17.8 Å². The molecule has 2 aromatic rings. The minimum Gasteiger partial charge on any atom is -0.494 e. The normalized spacial score (nSPS) is 10.8. The number of aromatic nitrogens is 1. The first-order valence-corrected chi connectivity index (χ1v) is 7.03. The van der Waals surface area contributed by atoms with Gasteiger partial charge in [-0.1, -0.05) is 11.6 Å². The summed E-state index contributed by atoms with van der Waals surface area (Å²) in [4.78, 5) is 16.3. The van der Waals surface area contributed by atoms with Crippen LogP contribution in [0.25, 0.3) is 0 Å². The van der Waals surface area contributed by atoms with Crippen molar-refractivity contribution in [1.82, 2.24) is 4.57 Å². The van der Waals surface area contributed by atoms with Gasteiger partial charge in [0.15, 0.2) is 0 Å². The molecule has 0 spiro atoms. The largest absolute Gasteiger partial charge is 0.494 e. The average molecular weight is 316 g/mol. The Bertz CT molecular complexity index is 830. The Kier molecular flexibility index (Phi) is 4.64. The second-order valence-electron chi connectivity index (χ2n) is 4.63. The molecular weight excluding hydrogens is 302 g/mol. The summed E-state index contributed by atoms with van der Waals surface area (Å²) >= 11 is 5.81. The van der Waals surface area contributed by atoms with Crippen molar-refractivity contribution in [2.24, 2.45) is 4.99 Å². The zero-order valence-corrected chi connectivity index (χ0v) is 12.9. The van der Waals surface area contributed by atoms with Gasteiger partial charge in [0.1, 0.15) is 11.6 Å². The summed E-state index contributed by atoms with van der Waals surface area (Å²) in [5.41, 5.74) is 0.928. The third kappa shape index (κ3) is 2.87. The van der Waals surface area contributed by atoms with E-state index in [9.17, 15) is 9.90 Å². The number of aliphatic imine (C=N–C) groups is 1. The van der Waals surface area contributed by atoms with Gasteiger partial charge in [-0.3, -0.25) is 14.4 Å². The molecule has 0 aliphatic heterocycles. The van der Waals surface area contributed by atoms with Crippen molar-refractivity contribution in [3.8, 4) is 11.9 Å². The molecule has 0 saturated carbocycles. The van der Waals surface area contributed by atoms with E-state index in [2.05, 4.69) is 4.99 Å². The number of nitriles is 1. The minimum absolute atomic E-state index is 0.0113. The summed E-state index contributed by atoms with van der Waals surface area (Å²) in [5, 5.41) is 20.0. The number of halogens is 1. The molecular formula is C16H14ClN3O2. The van der Waals surface area contributed by atoms with Gasteiger partial charge < -0.3 is 5.11 Å². The van der Waals surface area contributed by atoms with Gasteiger partial charge in [-0.15, -0.1) is 0 Å². The molecule has 0 radical (unpaired) electrons. The topological polar surface area (TPSA) is 78.4 Å². The Morgan fingerprint density at radius 1 is 1.41 bits per heavy atom. The lowest BCUT2D eigenvalue weighted by Crippen LogP contribution is -2.24. The summed E-state index contributed by atoms with van der Waals surface area (Å²) in [6.07, 6.45) is 1.44. The number of nitrogens with zero attached hydrogens (tertiary/aromatic N) is 3. The van der Waals surface area contributed by atoms with E-state index in [4.69, 9.17) is 16.9 Å². The zero-order chi connectivity index (χ0) is 16.3. The Balaban J connectivity index is 2.58. The summed E-state index contributed by atoms with van der Waals surface area (Å²) < 4.78 is 1.15. The smallest absolute Gasteiger partial charge is 0.271 e. The molecule has 22 heavy (non-hydrogen) atoms. The van der Waals surface area contributed by atoms with Crippen molar-refractivity contribution >= 4 is 23.5 Å². The molecule has 0 atom stereocenters. The molecule has 1 N–H and O–H groups in total. The first-order valence-electron chi connectivity index (χ1n) is 6.65. The number of aromatic hydroxyl groups is 1. The molecule has 0 aliphatic carbocycles. The fourth-order valence-corrected chi connectivity index (χ4v) is 2.21. The molecule has 0 amide bonds. The van der Waals surface area contributed by atoms with Gasteiger partial charge in [0.2, 0.25) is 5.88 Å². The molecule has 6 heteroatoms. The lowest BCUT2D eigenvalue weighted by molar-refractivity contribution is 0.409. The second-order valence-corrected chi connectivity index (χ2v) is 5.07. The maximum atomic E-state index is 12.1. The first-order chi connectivity index (χ1) is 10.5. The van der Waals surface area contributed by atoms with Crippen LogP contribution in [0.15, 0.2) is 34.1 Å². The fourth-order valence-electron chi connectivity index (χ4n) is 2.09. The van der Waals surface area contributed by atoms with E-state index in [-0.39, 0.29) is 18.0 Å². The maximum absolute atomic E-state index is 12.1. The van der Waals surface area contributed by atoms with E-state index in [1.165, 1.54) is 6.21 Å². The number of hydrogen-bond acceptors (Lipinski definition) is 4. The van der Waals surface area contributed by atoms with Crippen LogP contribution in [0, 0.1) is 18.3 Å². The molecule has 0 fully saturated rings. The Morgan fingerprint density at radius 3 is 2.59 bits per heavy atom. The molecule has 0 bridgehead atoms. The van der Waals surface area contributed by atoms with Gasteiger partial charge in [0.25, 0.3) is 5.56 Å². The van der Waals surface area contributed by atoms with Crippen LogP contribution in [0.1, 0.15) is 23.6 Å². The quantitative estimate of drug-likeness (QED) is 0.884. The molecule has 0 unspecified atom stereocenters. The fraction of sp³-hybridized carbons (Fsp3) is 0.188. The van der Waals surface area contributed by atoms with Crippen LogP contribution in [-0.2, 0) is 6.54 Å². The summed E-state index contributed by atoms with van der Waals surface area (Å²) in [5.74, 6) is -0.193.